The van der Waals surface area contributed by atoms with Crippen LogP contribution in [0.15, 0.2) is 28.8 Å². The molecule has 1 atom stereocenters. The van der Waals surface area contributed by atoms with E-state index in [2.05, 4.69) is 5.16 Å². The summed E-state index contributed by atoms with van der Waals surface area (Å²) in [6.07, 6.45) is 8.51. The third-order valence-electron chi connectivity index (χ3n) is 2.43. The number of hydrogen-bond acceptors (Lipinski definition) is 3. The van der Waals surface area contributed by atoms with E-state index in [1.165, 1.54) is 0 Å². The molecule has 0 amide bonds. The number of carbonyl (C=O) groups is 1. The van der Waals surface area contributed by atoms with E-state index in [1.54, 1.807) is 6.92 Å². The van der Waals surface area contributed by atoms with E-state index >= 15 is 0 Å². The molecule has 4 heteroatoms. The third kappa shape index (κ3) is 1.70. The van der Waals surface area contributed by atoms with Crippen molar-refractivity contribution in [3.63, 3.8) is 0 Å². The molecule has 0 saturated heterocycles. The van der Waals surface area contributed by atoms with Crippen LogP contribution in [0.5, 0.6) is 0 Å². The van der Waals surface area contributed by atoms with Crippen LogP contribution < -0.4 is 0 Å². The zero-order valence-corrected chi connectivity index (χ0v) is 8.30. The summed E-state index contributed by atoms with van der Waals surface area (Å²) in [6.45, 7) is 1.61. The van der Waals surface area contributed by atoms with Crippen molar-refractivity contribution in [2.75, 3.05) is 0 Å². The van der Waals surface area contributed by atoms with Crippen LogP contribution in [0.4, 0.5) is 0 Å². The zero-order valence-electron chi connectivity index (χ0n) is 8.30. The number of allylic oxidation sites excluding steroid dienone is 4. The quantitative estimate of drug-likeness (QED) is 0.804. The van der Waals surface area contributed by atoms with Gasteiger partial charge in [-0.3, -0.25) is 0 Å². The number of rotatable bonds is 2. The molecule has 15 heavy (non-hydrogen) atoms. The summed E-state index contributed by atoms with van der Waals surface area (Å²) in [6, 6.07) is 0. The smallest absolute Gasteiger partial charge is 0.341 e. The maximum Gasteiger partial charge on any atom is 0.341 e. The van der Waals surface area contributed by atoms with Crippen molar-refractivity contribution in [3.8, 4) is 0 Å². The predicted octanol–water partition coefficient (Wildman–Crippen LogP) is 2.28. The van der Waals surface area contributed by atoms with Gasteiger partial charge in [-0.05, 0) is 13.3 Å². The van der Waals surface area contributed by atoms with Crippen molar-refractivity contribution in [1.29, 1.82) is 0 Å². The summed E-state index contributed by atoms with van der Waals surface area (Å²) in [5, 5.41) is 12.8. The van der Waals surface area contributed by atoms with Crippen LogP contribution in [0.2, 0.25) is 0 Å². The van der Waals surface area contributed by atoms with E-state index in [0.29, 0.717) is 11.5 Å². The normalized spacial score (nSPS) is 19.4. The first-order valence-corrected chi connectivity index (χ1v) is 4.73. The first-order chi connectivity index (χ1) is 7.20. The third-order valence-corrected chi connectivity index (χ3v) is 2.43. The van der Waals surface area contributed by atoms with E-state index in [9.17, 15) is 4.79 Å². The first kappa shape index (κ1) is 9.71. The fraction of sp³-hybridized carbons (Fsp3) is 0.273. The molecule has 0 bridgehead atoms. The lowest BCUT2D eigenvalue weighted by atomic mass is 9.94. The van der Waals surface area contributed by atoms with Crippen LogP contribution in [0, 0.1) is 6.92 Å². The minimum absolute atomic E-state index is 0.0125. The molecule has 0 aromatic carbocycles. The molecule has 0 fully saturated rings. The van der Waals surface area contributed by atoms with Crippen LogP contribution in [-0.4, -0.2) is 16.2 Å². The zero-order chi connectivity index (χ0) is 10.8. The van der Waals surface area contributed by atoms with Gasteiger partial charge in [0.2, 0.25) is 0 Å². The molecule has 0 aliphatic heterocycles. The van der Waals surface area contributed by atoms with Crippen LogP contribution in [0.3, 0.4) is 0 Å². The monoisotopic (exact) mass is 205 g/mol. The molecule has 4 nitrogen and oxygen atoms in total. The van der Waals surface area contributed by atoms with Crippen LogP contribution in [-0.2, 0) is 0 Å². The minimum Gasteiger partial charge on any atom is -0.477 e. The van der Waals surface area contributed by atoms with Crippen molar-refractivity contribution >= 4 is 5.97 Å². The Balaban J connectivity index is 2.40. The molecule has 2 rings (SSSR count). The number of hydrogen-bond donors (Lipinski definition) is 1. The van der Waals surface area contributed by atoms with E-state index in [1.807, 2.05) is 24.3 Å². The molecular weight excluding hydrogens is 194 g/mol. The van der Waals surface area contributed by atoms with Gasteiger partial charge in [0.15, 0.2) is 0 Å². The number of aromatic carboxylic acids is 1. The van der Waals surface area contributed by atoms with Crippen LogP contribution in [0.25, 0.3) is 0 Å². The lowest BCUT2D eigenvalue weighted by molar-refractivity contribution is 0.0693. The Kier molecular flexibility index (Phi) is 2.41. The van der Waals surface area contributed by atoms with Crippen LogP contribution >= 0.6 is 0 Å². The number of nitrogens with zero attached hydrogens (tertiary/aromatic N) is 1. The second kappa shape index (κ2) is 3.73. The van der Waals surface area contributed by atoms with E-state index < -0.39 is 5.97 Å². The number of carboxylic acid groups (broad SMARTS) is 1. The average Bonchev–Trinajstić information content (AvgIpc) is 2.61. The Labute approximate surface area is 86.9 Å². The molecule has 78 valence electrons. The van der Waals surface area contributed by atoms with Gasteiger partial charge in [0, 0.05) is 5.92 Å². The highest BCUT2D eigenvalue weighted by molar-refractivity contribution is 5.90. The van der Waals surface area contributed by atoms with Gasteiger partial charge in [0.1, 0.15) is 17.0 Å². The van der Waals surface area contributed by atoms with Gasteiger partial charge in [-0.15, -0.1) is 0 Å². The molecule has 1 aliphatic rings. The highest BCUT2D eigenvalue weighted by atomic mass is 16.5. The maximum atomic E-state index is 11.0. The van der Waals surface area contributed by atoms with Gasteiger partial charge in [-0.2, -0.15) is 0 Å². The molecule has 0 radical (unpaired) electrons. The molecule has 1 aromatic heterocycles. The lowest BCUT2D eigenvalue weighted by Gasteiger charge is -2.09. The predicted molar refractivity (Wildman–Crippen MR) is 53.8 cm³/mol. The second-order valence-corrected chi connectivity index (χ2v) is 3.46. The summed E-state index contributed by atoms with van der Waals surface area (Å²) in [7, 11) is 0. The standard InChI is InChI=1S/C11H11NO3/c1-7-9(11(13)14)10(12-15-7)8-5-3-2-4-6-8/h2-5,8H,6H2,1H3,(H,13,14). The van der Waals surface area contributed by atoms with Gasteiger partial charge in [0.25, 0.3) is 0 Å². The first-order valence-electron chi connectivity index (χ1n) is 4.73. The summed E-state index contributed by atoms with van der Waals surface area (Å²) in [5.74, 6) is -0.606. The van der Waals surface area contributed by atoms with Gasteiger partial charge >= 0.3 is 5.97 Å². The fourth-order valence-electron chi connectivity index (χ4n) is 1.69. The number of aryl methyl sites for hydroxylation is 1. The van der Waals surface area contributed by atoms with Crippen molar-refractivity contribution in [1.82, 2.24) is 5.16 Å². The maximum absolute atomic E-state index is 11.0. The molecule has 0 spiro atoms. The molecule has 1 aromatic rings. The molecule has 0 saturated carbocycles. The van der Waals surface area contributed by atoms with E-state index in [4.69, 9.17) is 9.63 Å². The van der Waals surface area contributed by atoms with Crippen molar-refractivity contribution in [2.45, 2.75) is 19.3 Å². The minimum atomic E-state index is -0.980. The summed E-state index contributed by atoms with van der Waals surface area (Å²) >= 11 is 0. The lowest BCUT2D eigenvalue weighted by Crippen LogP contribution is -2.06. The van der Waals surface area contributed by atoms with Gasteiger partial charge in [-0.1, -0.05) is 29.5 Å². The molecule has 1 unspecified atom stereocenters. The van der Waals surface area contributed by atoms with Gasteiger partial charge in [0.05, 0.1) is 0 Å². The van der Waals surface area contributed by atoms with Gasteiger partial charge < -0.3 is 9.63 Å². The summed E-state index contributed by atoms with van der Waals surface area (Å²) in [5.41, 5.74) is 0.709. The van der Waals surface area contributed by atoms with E-state index in [-0.39, 0.29) is 11.5 Å². The Bertz CT molecular complexity index is 443. The topological polar surface area (TPSA) is 63.3 Å². The Morgan fingerprint density at radius 1 is 1.60 bits per heavy atom. The molecule has 1 heterocycles. The van der Waals surface area contributed by atoms with Gasteiger partial charge in [-0.25, -0.2) is 4.79 Å². The summed E-state index contributed by atoms with van der Waals surface area (Å²) in [4.78, 5) is 11.0. The average molecular weight is 205 g/mol. The Morgan fingerprint density at radius 3 is 3.00 bits per heavy atom. The number of carboxylic acids is 1. The Hall–Kier alpha value is -1.84. The number of aromatic nitrogens is 1. The highest BCUT2D eigenvalue weighted by Gasteiger charge is 2.24. The van der Waals surface area contributed by atoms with E-state index in [0.717, 1.165) is 6.42 Å². The van der Waals surface area contributed by atoms with Crippen LogP contribution in [0.1, 0.15) is 34.2 Å². The highest BCUT2D eigenvalue weighted by Crippen LogP contribution is 2.28. The fourth-order valence-corrected chi connectivity index (χ4v) is 1.69. The van der Waals surface area contributed by atoms with Crippen molar-refractivity contribution in [2.24, 2.45) is 0 Å². The SMILES string of the molecule is Cc1onc(C2C=CC=CC2)c1C(=O)O. The largest absolute Gasteiger partial charge is 0.477 e. The second-order valence-electron chi connectivity index (χ2n) is 3.46. The molecular formula is C11H11NO3. The molecule has 1 N–H and O–H groups in total. The molecule has 1 aliphatic carbocycles. The van der Waals surface area contributed by atoms with Crippen molar-refractivity contribution < 1.29 is 14.4 Å². The Morgan fingerprint density at radius 2 is 2.40 bits per heavy atom. The van der Waals surface area contributed by atoms with Crippen molar-refractivity contribution in [3.05, 3.63) is 41.3 Å². The summed E-state index contributed by atoms with van der Waals surface area (Å²) < 4.78 is 4.92.